The lowest BCUT2D eigenvalue weighted by molar-refractivity contribution is 0.663. The van der Waals surface area contributed by atoms with Crippen molar-refractivity contribution in [2.45, 2.75) is 19.3 Å². The fourth-order valence-electron chi connectivity index (χ4n) is 4.47. The molecule has 0 saturated carbocycles. The Morgan fingerprint density at radius 2 is 1.13 bits per heavy atom. The Morgan fingerprint density at radius 3 is 1.61 bits per heavy atom. The number of thiophene rings is 2. The summed E-state index contributed by atoms with van der Waals surface area (Å²) in [5.74, 6) is 0. The molecule has 6 aromatic rings. The van der Waals surface area contributed by atoms with Gasteiger partial charge in [0, 0.05) is 36.1 Å². The molecular weight excluding hydrogens is 461 g/mol. The number of nitrogens with zero attached hydrogens (tertiary/aromatic N) is 4. The van der Waals surface area contributed by atoms with Crippen LogP contribution in [-0.2, 0) is 5.41 Å². The lowest BCUT2D eigenvalue weighted by Crippen LogP contribution is -2.13. The Hall–Kier alpha value is -2.52. The summed E-state index contributed by atoms with van der Waals surface area (Å²) in [5, 5.41) is 0. The maximum Gasteiger partial charge on any atom is 0.113 e. The van der Waals surface area contributed by atoms with Gasteiger partial charge >= 0.3 is 0 Å². The summed E-state index contributed by atoms with van der Waals surface area (Å²) in [4.78, 5) is 5.30. The summed E-state index contributed by atoms with van der Waals surface area (Å²) in [5.41, 5.74) is 9.09. The average Bonchev–Trinajstić information content (AvgIpc) is 3.57. The zero-order valence-corrected chi connectivity index (χ0v) is 19.8. The minimum atomic E-state index is -0.0311. The first-order chi connectivity index (χ1) is 15.1. The predicted molar refractivity (Wildman–Crippen MR) is 133 cm³/mol. The molecule has 0 bridgehead atoms. The van der Waals surface area contributed by atoms with Crippen LogP contribution in [0.5, 0.6) is 0 Å². The van der Waals surface area contributed by atoms with E-state index < -0.39 is 0 Å². The Kier molecular flexibility index (Phi) is 3.65. The molecule has 0 fully saturated rings. The number of hydrogen-bond donors (Lipinski definition) is 0. The van der Waals surface area contributed by atoms with Crippen molar-refractivity contribution in [3.05, 3.63) is 59.7 Å². The van der Waals surface area contributed by atoms with Gasteiger partial charge in [-0.05, 0) is 35.4 Å². The van der Waals surface area contributed by atoms with Gasteiger partial charge in [0.05, 0.1) is 23.5 Å². The van der Waals surface area contributed by atoms with Gasteiger partial charge in [0.2, 0.25) is 0 Å². The zero-order valence-electron chi connectivity index (χ0n) is 16.5. The summed E-state index contributed by atoms with van der Waals surface area (Å²) in [7, 11) is 0. The van der Waals surface area contributed by atoms with Crippen LogP contribution in [0.3, 0.4) is 0 Å². The summed E-state index contributed by atoms with van der Waals surface area (Å²) in [6.45, 7) is 4.67. The molecule has 4 heterocycles. The Balaban J connectivity index is 1.42. The van der Waals surface area contributed by atoms with Crippen molar-refractivity contribution in [1.82, 2.24) is 17.5 Å². The third kappa shape index (κ3) is 2.44. The van der Waals surface area contributed by atoms with Gasteiger partial charge in [-0.3, -0.25) is 0 Å². The first-order valence-electron chi connectivity index (χ1n) is 9.83. The van der Waals surface area contributed by atoms with Crippen LogP contribution in [-0.4, -0.2) is 17.5 Å². The van der Waals surface area contributed by atoms with E-state index in [4.69, 9.17) is 0 Å². The Morgan fingerprint density at radius 1 is 0.645 bits per heavy atom. The fourth-order valence-corrected chi connectivity index (χ4v) is 8.41. The van der Waals surface area contributed by atoms with Gasteiger partial charge in [0.1, 0.15) is 22.1 Å². The SMILES string of the molecule is CC1(C)c2cc(-c3cccc4nsnc34)sc2-c2sc(-c3cccc4nsnc34)cc21. The largest absolute Gasteiger partial charge is 0.173 e. The summed E-state index contributed by atoms with van der Waals surface area (Å²) in [6.07, 6.45) is 0. The molecule has 150 valence electrons. The molecule has 4 nitrogen and oxygen atoms in total. The first kappa shape index (κ1) is 18.1. The van der Waals surface area contributed by atoms with Crippen molar-refractivity contribution >= 4 is 68.2 Å². The molecule has 0 aliphatic heterocycles. The van der Waals surface area contributed by atoms with Crippen molar-refractivity contribution in [2.24, 2.45) is 0 Å². The van der Waals surface area contributed by atoms with E-state index in [1.54, 1.807) is 0 Å². The molecule has 0 spiro atoms. The second-order valence-electron chi connectivity index (χ2n) is 8.21. The number of rotatable bonds is 2. The van der Waals surface area contributed by atoms with E-state index in [0.29, 0.717) is 0 Å². The lowest BCUT2D eigenvalue weighted by Gasteiger charge is -2.19. The van der Waals surface area contributed by atoms with Gasteiger partial charge in [0.25, 0.3) is 0 Å². The molecule has 2 aromatic carbocycles. The minimum Gasteiger partial charge on any atom is -0.173 e. The molecule has 0 radical (unpaired) electrons. The van der Waals surface area contributed by atoms with Crippen LogP contribution in [0.1, 0.15) is 25.0 Å². The van der Waals surface area contributed by atoms with E-state index >= 15 is 0 Å². The normalized spacial score (nSPS) is 14.4. The number of fused-ring (bicyclic) bond motifs is 5. The molecule has 4 aromatic heterocycles. The third-order valence-electron chi connectivity index (χ3n) is 6.12. The molecule has 0 amide bonds. The van der Waals surface area contributed by atoms with Crippen LogP contribution in [0, 0.1) is 0 Å². The van der Waals surface area contributed by atoms with Crippen LogP contribution in [0.15, 0.2) is 48.5 Å². The summed E-state index contributed by atoms with van der Waals surface area (Å²) < 4.78 is 17.9. The topological polar surface area (TPSA) is 51.6 Å². The van der Waals surface area contributed by atoms with Crippen molar-refractivity contribution in [2.75, 3.05) is 0 Å². The van der Waals surface area contributed by atoms with Crippen LogP contribution < -0.4 is 0 Å². The van der Waals surface area contributed by atoms with E-state index in [0.717, 1.165) is 22.1 Å². The molecule has 0 saturated heterocycles. The van der Waals surface area contributed by atoms with Gasteiger partial charge in [-0.25, -0.2) is 0 Å². The first-order valence-corrected chi connectivity index (χ1v) is 12.9. The van der Waals surface area contributed by atoms with Gasteiger partial charge in [-0.1, -0.05) is 38.1 Å². The van der Waals surface area contributed by atoms with Crippen LogP contribution >= 0.6 is 46.1 Å². The second kappa shape index (κ2) is 6.26. The maximum absolute atomic E-state index is 4.55. The van der Waals surface area contributed by atoms with Crippen LogP contribution in [0.4, 0.5) is 0 Å². The smallest absolute Gasteiger partial charge is 0.113 e. The molecule has 0 N–H and O–H groups in total. The monoisotopic (exact) mass is 474 g/mol. The molecule has 7 rings (SSSR count). The van der Waals surface area contributed by atoms with E-state index in [1.807, 2.05) is 34.8 Å². The van der Waals surface area contributed by atoms with Crippen molar-refractivity contribution in [1.29, 1.82) is 0 Å². The quantitative estimate of drug-likeness (QED) is 0.261. The molecule has 0 atom stereocenters. The zero-order chi connectivity index (χ0) is 20.7. The van der Waals surface area contributed by atoms with Crippen LogP contribution in [0.25, 0.3) is 52.7 Å². The fraction of sp³-hybridized carbons (Fsp3) is 0.130. The van der Waals surface area contributed by atoms with Gasteiger partial charge < -0.3 is 0 Å². The van der Waals surface area contributed by atoms with Crippen LogP contribution in [0.2, 0.25) is 0 Å². The van der Waals surface area contributed by atoms with Crippen molar-refractivity contribution < 1.29 is 0 Å². The highest BCUT2D eigenvalue weighted by Gasteiger charge is 2.39. The van der Waals surface area contributed by atoms with E-state index in [1.165, 1.54) is 65.2 Å². The second-order valence-corrected chi connectivity index (χ2v) is 11.4. The predicted octanol–water partition coefficient (Wildman–Crippen LogP) is 7.46. The van der Waals surface area contributed by atoms with Gasteiger partial charge in [0.15, 0.2) is 0 Å². The highest BCUT2D eigenvalue weighted by Crippen LogP contribution is 2.58. The van der Waals surface area contributed by atoms with E-state index in [9.17, 15) is 0 Å². The maximum atomic E-state index is 4.55. The molecule has 1 aliphatic carbocycles. The lowest BCUT2D eigenvalue weighted by atomic mass is 9.83. The van der Waals surface area contributed by atoms with Gasteiger partial charge in [-0.2, -0.15) is 17.5 Å². The Bertz CT molecular complexity index is 1510. The van der Waals surface area contributed by atoms with E-state index in [-0.39, 0.29) is 5.41 Å². The van der Waals surface area contributed by atoms with Crippen molar-refractivity contribution in [3.63, 3.8) is 0 Å². The highest BCUT2D eigenvalue weighted by atomic mass is 32.1. The molecule has 1 aliphatic rings. The van der Waals surface area contributed by atoms with Gasteiger partial charge in [-0.15, -0.1) is 22.7 Å². The molecule has 31 heavy (non-hydrogen) atoms. The third-order valence-corrected chi connectivity index (χ3v) is 9.71. The van der Waals surface area contributed by atoms with Crippen molar-refractivity contribution in [3.8, 4) is 30.6 Å². The molecule has 8 heteroatoms. The molecule has 0 unspecified atom stereocenters. The minimum absolute atomic E-state index is 0.0311. The summed E-state index contributed by atoms with van der Waals surface area (Å²) in [6, 6.07) is 17.3. The molecular formula is C23H14N4S4. The highest BCUT2D eigenvalue weighted by molar-refractivity contribution is 7.26. The number of aromatic nitrogens is 4. The standard InChI is InChI=1S/C23H14N4S4/c1-23(2)13-9-17(11-5-3-7-15-19(11)26-30-24-15)28-21(13)22-14(23)10-18(29-22)12-6-4-8-16-20(12)27-31-25-16/h3-10H,1-2H3. The van der Waals surface area contributed by atoms with E-state index in [2.05, 4.69) is 67.7 Å². The number of benzene rings is 2. The average molecular weight is 475 g/mol. The summed E-state index contributed by atoms with van der Waals surface area (Å²) >= 11 is 6.31. The number of hydrogen-bond acceptors (Lipinski definition) is 8. The Labute approximate surface area is 194 Å².